The van der Waals surface area contributed by atoms with Gasteiger partial charge in [0.05, 0.1) is 11.6 Å². The normalized spacial score (nSPS) is 11.3. The number of rotatable bonds is 2. The number of hydrogen-bond acceptors (Lipinski definition) is 5. The third-order valence-corrected chi connectivity index (χ3v) is 4.22. The molecule has 0 saturated heterocycles. The fourth-order valence-corrected chi connectivity index (χ4v) is 2.63. The molecular weight excluding hydrogens is 304 g/mol. The number of aromatic nitrogens is 5. The Bertz CT molecular complexity index is 889. The zero-order chi connectivity index (χ0) is 16.0. The topological polar surface area (TPSA) is 96.6 Å². The summed E-state index contributed by atoms with van der Waals surface area (Å²) in [5.74, 6) is 0.0751. The average molecular weight is 319 g/mol. The number of hydrogen-bond donors (Lipinski definition) is 1. The van der Waals surface area contributed by atoms with Gasteiger partial charge in [-0.15, -0.1) is 0 Å². The van der Waals surface area contributed by atoms with Gasteiger partial charge in [0.2, 0.25) is 11.6 Å². The van der Waals surface area contributed by atoms with Crippen molar-refractivity contribution in [1.29, 1.82) is 0 Å². The lowest BCUT2D eigenvalue weighted by Gasteiger charge is -2.12. The van der Waals surface area contributed by atoms with Crippen molar-refractivity contribution in [3.05, 3.63) is 45.1 Å². The van der Waals surface area contributed by atoms with Crippen LogP contribution in [0.4, 0.5) is 5.95 Å². The van der Waals surface area contributed by atoms with Crippen LogP contribution in [0.2, 0.25) is 5.15 Å². The number of nitrogens with zero attached hydrogens (tertiary/aromatic N) is 5. The number of fused-ring (bicyclic) bond motifs is 1. The molecule has 3 rings (SSSR count). The van der Waals surface area contributed by atoms with Gasteiger partial charge in [0.25, 0.3) is 0 Å². The molecule has 0 spiro atoms. The lowest BCUT2D eigenvalue weighted by Crippen LogP contribution is -2.35. The molecule has 8 heteroatoms. The summed E-state index contributed by atoms with van der Waals surface area (Å²) < 4.78 is 2.47. The third-order valence-electron chi connectivity index (χ3n) is 3.93. The standard InChI is InChI=1S/C14H15ClN6O/c1-7-5-21(22)11(9(3)8(7)2)6-20-13-10(4-17-20)12(15)18-14(16)19-13/h4-5H,6H2,1-3H3,(H2,16,18,19). The molecular formula is C14H15ClN6O. The number of nitrogen functional groups attached to an aromatic ring is 1. The minimum Gasteiger partial charge on any atom is -0.618 e. The first-order valence-electron chi connectivity index (χ1n) is 6.72. The van der Waals surface area contributed by atoms with Gasteiger partial charge in [-0.2, -0.15) is 14.8 Å². The Morgan fingerprint density at radius 3 is 2.73 bits per heavy atom. The molecule has 7 nitrogen and oxygen atoms in total. The molecule has 0 amide bonds. The third kappa shape index (κ3) is 2.23. The maximum absolute atomic E-state index is 12.2. The van der Waals surface area contributed by atoms with Crippen molar-refractivity contribution < 1.29 is 4.73 Å². The molecule has 0 saturated carbocycles. The minimum absolute atomic E-state index is 0.0751. The van der Waals surface area contributed by atoms with E-state index in [-0.39, 0.29) is 17.6 Å². The fraction of sp³-hybridized carbons (Fsp3) is 0.286. The van der Waals surface area contributed by atoms with Gasteiger partial charge in [0.1, 0.15) is 11.7 Å². The van der Waals surface area contributed by atoms with Gasteiger partial charge in [-0.25, -0.2) is 9.67 Å². The molecule has 0 atom stereocenters. The van der Waals surface area contributed by atoms with E-state index in [1.54, 1.807) is 17.1 Å². The summed E-state index contributed by atoms with van der Waals surface area (Å²) in [7, 11) is 0. The highest BCUT2D eigenvalue weighted by Gasteiger charge is 2.18. The maximum atomic E-state index is 12.2. The van der Waals surface area contributed by atoms with E-state index in [0.29, 0.717) is 16.7 Å². The highest BCUT2D eigenvalue weighted by molar-refractivity contribution is 6.34. The predicted molar refractivity (Wildman–Crippen MR) is 83.5 cm³/mol. The molecule has 0 fully saturated rings. The first-order chi connectivity index (χ1) is 10.4. The number of halogens is 1. The average Bonchev–Trinajstić information content (AvgIpc) is 2.84. The summed E-state index contributed by atoms with van der Waals surface area (Å²) in [6.07, 6.45) is 3.14. The Hall–Kier alpha value is -2.41. The Balaban J connectivity index is 2.14. The second-order valence-electron chi connectivity index (χ2n) is 5.25. The summed E-state index contributed by atoms with van der Waals surface area (Å²) in [5, 5.41) is 17.3. The monoisotopic (exact) mass is 318 g/mol. The van der Waals surface area contributed by atoms with E-state index in [9.17, 15) is 5.21 Å². The smallest absolute Gasteiger partial charge is 0.223 e. The van der Waals surface area contributed by atoms with Crippen LogP contribution in [0.5, 0.6) is 0 Å². The Morgan fingerprint density at radius 2 is 2.00 bits per heavy atom. The van der Waals surface area contributed by atoms with Crippen molar-refractivity contribution in [2.24, 2.45) is 0 Å². The Morgan fingerprint density at radius 1 is 1.27 bits per heavy atom. The minimum atomic E-state index is 0.0751. The first kappa shape index (κ1) is 14.5. The Kier molecular flexibility index (Phi) is 3.37. The van der Waals surface area contributed by atoms with Crippen molar-refractivity contribution in [2.45, 2.75) is 27.3 Å². The van der Waals surface area contributed by atoms with Crippen molar-refractivity contribution in [1.82, 2.24) is 19.7 Å². The van der Waals surface area contributed by atoms with Gasteiger partial charge >= 0.3 is 0 Å². The maximum Gasteiger partial charge on any atom is 0.223 e. The van der Waals surface area contributed by atoms with Crippen molar-refractivity contribution >= 4 is 28.6 Å². The molecule has 0 bridgehead atoms. The highest BCUT2D eigenvalue weighted by atomic mass is 35.5. The number of nitrogens with two attached hydrogens (primary N) is 1. The molecule has 0 aliphatic heterocycles. The zero-order valence-corrected chi connectivity index (χ0v) is 13.2. The summed E-state index contributed by atoms with van der Waals surface area (Å²) >= 11 is 6.04. The second kappa shape index (κ2) is 5.10. The van der Waals surface area contributed by atoms with Crippen LogP contribution in [0, 0.1) is 26.0 Å². The van der Waals surface area contributed by atoms with E-state index in [2.05, 4.69) is 15.1 Å². The van der Waals surface area contributed by atoms with E-state index in [4.69, 9.17) is 17.3 Å². The molecule has 0 unspecified atom stereocenters. The molecule has 3 aromatic heterocycles. The SMILES string of the molecule is Cc1c[n+]([O-])c(Cn2ncc3c(Cl)nc(N)nc32)c(C)c1C. The molecule has 3 heterocycles. The van der Waals surface area contributed by atoms with Crippen LogP contribution >= 0.6 is 11.6 Å². The van der Waals surface area contributed by atoms with Gasteiger partial charge in [0, 0.05) is 11.1 Å². The Labute approximate surface area is 131 Å². The summed E-state index contributed by atoms with van der Waals surface area (Å²) in [5.41, 5.74) is 9.74. The lowest BCUT2D eigenvalue weighted by atomic mass is 10.0. The van der Waals surface area contributed by atoms with Crippen molar-refractivity contribution in [3.63, 3.8) is 0 Å². The highest BCUT2D eigenvalue weighted by Crippen LogP contribution is 2.22. The first-order valence-corrected chi connectivity index (χ1v) is 7.09. The lowest BCUT2D eigenvalue weighted by molar-refractivity contribution is -0.615. The second-order valence-corrected chi connectivity index (χ2v) is 5.60. The molecule has 0 aliphatic carbocycles. The largest absolute Gasteiger partial charge is 0.618 e. The van der Waals surface area contributed by atoms with Gasteiger partial charge in [-0.3, -0.25) is 0 Å². The molecule has 2 N–H and O–H groups in total. The van der Waals surface area contributed by atoms with Crippen molar-refractivity contribution in [2.75, 3.05) is 5.73 Å². The van der Waals surface area contributed by atoms with Gasteiger partial charge in [0.15, 0.2) is 11.8 Å². The summed E-state index contributed by atoms with van der Waals surface area (Å²) in [6.45, 7) is 6.12. The van der Waals surface area contributed by atoms with Crippen LogP contribution in [0.3, 0.4) is 0 Å². The van der Waals surface area contributed by atoms with E-state index >= 15 is 0 Å². The fourth-order valence-electron chi connectivity index (χ4n) is 2.41. The molecule has 0 radical (unpaired) electrons. The molecule has 0 aromatic carbocycles. The number of pyridine rings is 1. The van der Waals surface area contributed by atoms with E-state index in [0.717, 1.165) is 21.4 Å². The van der Waals surface area contributed by atoms with Crippen LogP contribution < -0.4 is 10.5 Å². The summed E-state index contributed by atoms with van der Waals surface area (Å²) in [6, 6.07) is 0. The van der Waals surface area contributed by atoms with E-state index in [1.165, 1.54) is 0 Å². The predicted octanol–water partition coefficient (Wildman–Crippen LogP) is 1.67. The quantitative estimate of drug-likeness (QED) is 0.440. The molecule has 0 aliphatic rings. The molecule has 22 heavy (non-hydrogen) atoms. The number of aryl methyl sites for hydroxylation is 1. The molecule has 114 valence electrons. The zero-order valence-electron chi connectivity index (χ0n) is 12.5. The number of anilines is 1. The van der Waals surface area contributed by atoms with Crippen LogP contribution in [-0.2, 0) is 6.54 Å². The van der Waals surface area contributed by atoms with Crippen LogP contribution in [-0.4, -0.2) is 19.7 Å². The summed E-state index contributed by atoms with van der Waals surface area (Å²) in [4.78, 5) is 8.06. The van der Waals surface area contributed by atoms with E-state index < -0.39 is 0 Å². The van der Waals surface area contributed by atoms with Crippen LogP contribution in [0.25, 0.3) is 11.0 Å². The van der Waals surface area contributed by atoms with Crippen LogP contribution in [0.15, 0.2) is 12.4 Å². The van der Waals surface area contributed by atoms with Crippen molar-refractivity contribution in [3.8, 4) is 0 Å². The molecule has 3 aromatic rings. The van der Waals surface area contributed by atoms with Gasteiger partial charge < -0.3 is 10.9 Å². The van der Waals surface area contributed by atoms with Crippen LogP contribution in [0.1, 0.15) is 22.4 Å². The van der Waals surface area contributed by atoms with Gasteiger partial charge in [-0.1, -0.05) is 11.6 Å². The van der Waals surface area contributed by atoms with E-state index in [1.807, 2.05) is 20.8 Å². The van der Waals surface area contributed by atoms with Gasteiger partial charge in [-0.05, 0) is 26.3 Å².